The molecular formula is C18H27ClN4O2. The van der Waals surface area contributed by atoms with E-state index < -0.39 is 0 Å². The van der Waals surface area contributed by atoms with E-state index in [9.17, 15) is 4.79 Å². The van der Waals surface area contributed by atoms with Gasteiger partial charge in [0.05, 0.1) is 23.4 Å². The van der Waals surface area contributed by atoms with E-state index in [0.717, 1.165) is 32.5 Å². The van der Waals surface area contributed by atoms with Gasteiger partial charge in [0.25, 0.3) is 5.91 Å². The van der Waals surface area contributed by atoms with Gasteiger partial charge >= 0.3 is 0 Å². The van der Waals surface area contributed by atoms with Crippen LogP contribution in [-0.4, -0.2) is 68.6 Å². The van der Waals surface area contributed by atoms with Crippen LogP contribution in [0.3, 0.4) is 0 Å². The predicted octanol–water partition coefficient (Wildman–Crippen LogP) is 1.68. The molecule has 0 radical (unpaired) electrons. The number of rotatable bonds is 5. The number of nitrogens with zero attached hydrogens (tertiary/aromatic N) is 2. The quantitative estimate of drug-likeness (QED) is 0.776. The summed E-state index contributed by atoms with van der Waals surface area (Å²) in [7, 11) is 5.68. The summed E-state index contributed by atoms with van der Waals surface area (Å²) in [5.41, 5.74) is 6.66. The molecule has 1 amide bonds. The number of methoxy groups -OCH3 is 1. The van der Waals surface area contributed by atoms with Crippen LogP contribution in [0.25, 0.3) is 0 Å². The number of piperidine rings is 3. The van der Waals surface area contributed by atoms with Crippen molar-refractivity contribution in [3.05, 3.63) is 22.7 Å². The second-order valence-electron chi connectivity index (χ2n) is 7.28. The first-order valence-electron chi connectivity index (χ1n) is 8.73. The van der Waals surface area contributed by atoms with Gasteiger partial charge in [-0.25, -0.2) is 0 Å². The summed E-state index contributed by atoms with van der Waals surface area (Å²) < 4.78 is 5.33. The van der Waals surface area contributed by atoms with Crippen LogP contribution in [0.15, 0.2) is 12.1 Å². The Labute approximate surface area is 154 Å². The van der Waals surface area contributed by atoms with Crippen molar-refractivity contribution in [2.75, 3.05) is 46.6 Å². The molecule has 0 aliphatic carbocycles. The number of ether oxygens (including phenoxy) is 1. The Morgan fingerprint density at radius 2 is 2.08 bits per heavy atom. The number of amides is 1. The molecule has 3 saturated heterocycles. The molecule has 3 fully saturated rings. The largest absolute Gasteiger partial charge is 0.496 e. The molecule has 3 N–H and O–H groups in total. The van der Waals surface area contributed by atoms with Crippen LogP contribution in [0.1, 0.15) is 23.2 Å². The van der Waals surface area contributed by atoms with Crippen LogP contribution >= 0.6 is 11.6 Å². The zero-order valence-corrected chi connectivity index (χ0v) is 15.8. The van der Waals surface area contributed by atoms with Gasteiger partial charge in [0.1, 0.15) is 5.75 Å². The van der Waals surface area contributed by atoms with Gasteiger partial charge in [-0.1, -0.05) is 11.6 Å². The normalized spacial score (nSPS) is 28.2. The Balaban J connectivity index is 1.82. The summed E-state index contributed by atoms with van der Waals surface area (Å²) in [6.07, 6.45) is 2.27. The monoisotopic (exact) mass is 366 g/mol. The molecule has 2 atom stereocenters. The first-order valence-corrected chi connectivity index (χ1v) is 9.11. The molecule has 3 aliphatic heterocycles. The highest BCUT2D eigenvalue weighted by Gasteiger charge is 2.43. The third-order valence-corrected chi connectivity index (χ3v) is 5.71. The molecule has 1 aromatic carbocycles. The van der Waals surface area contributed by atoms with E-state index in [0.29, 0.717) is 34.0 Å². The second-order valence-corrected chi connectivity index (χ2v) is 7.68. The van der Waals surface area contributed by atoms with Crippen molar-refractivity contribution in [1.82, 2.24) is 15.1 Å². The molecule has 0 saturated carbocycles. The number of likely N-dealkylation sites (N-methyl/N-ethyl adjacent to an activating group) is 1. The van der Waals surface area contributed by atoms with E-state index >= 15 is 0 Å². The van der Waals surface area contributed by atoms with Gasteiger partial charge < -0.3 is 20.7 Å². The number of hydrogen-bond acceptors (Lipinski definition) is 5. The zero-order chi connectivity index (χ0) is 18.1. The molecule has 2 unspecified atom stereocenters. The molecular weight excluding hydrogens is 340 g/mol. The highest BCUT2D eigenvalue weighted by molar-refractivity contribution is 6.33. The summed E-state index contributed by atoms with van der Waals surface area (Å²) in [4.78, 5) is 17.6. The first-order chi connectivity index (χ1) is 11.9. The van der Waals surface area contributed by atoms with Crippen LogP contribution in [0.4, 0.5) is 5.69 Å². The Morgan fingerprint density at radius 1 is 1.40 bits per heavy atom. The Bertz CT molecular complexity index is 644. The maximum Gasteiger partial charge on any atom is 0.255 e. The fourth-order valence-electron chi connectivity index (χ4n) is 4.11. The van der Waals surface area contributed by atoms with Crippen molar-refractivity contribution < 1.29 is 9.53 Å². The van der Waals surface area contributed by atoms with Crippen LogP contribution < -0.4 is 15.8 Å². The lowest BCUT2D eigenvalue weighted by Crippen LogP contribution is -2.65. The minimum atomic E-state index is -0.152. The lowest BCUT2D eigenvalue weighted by atomic mass is 9.78. The molecule has 0 aromatic heterocycles. The number of anilines is 1. The number of carbonyl (C=O) groups is 1. The maximum absolute atomic E-state index is 12.9. The maximum atomic E-state index is 12.9. The molecule has 6 nitrogen and oxygen atoms in total. The number of fused-ring (bicyclic) bond motifs is 3. The van der Waals surface area contributed by atoms with E-state index in [2.05, 4.69) is 29.2 Å². The van der Waals surface area contributed by atoms with E-state index in [4.69, 9.17) is 22.1 Å². The number of benzene rings is 1. The van der Waals surface area contributed by atoms with Crippen molar-refractivity contribution in [2.24, 2.45) is 5.92 Å². The average Bonchev–Trinajstić information content (AvgIpc) is 2.59. The summed E-state index contributed by atoms with van der Waals surface area (Å²) in [6, 6.07) is 3.67. The fourth-order valence-corrected chi connectivity index (χ4v) is 4.28. The average molecular weight is 367 g/mol. The van der Waals surface area contributed by atoms with Crippen molar-refractivity contribution in [3.63, 3.8) is 0 Å². The van der Waals surface area contributed by atoms with Gasteiger partial charge in [-0.2, -0.15) is 0 Å². The van der Waals surface area contributed by atoms with E-state index in [1.165, 1.54) is 7.11 Å². The molecule has 3 heterocycles. The van der Waals surface area contributed by atoms with Gasteiger partial charge in [0.2, 0.25) is 0 Å². The number of nitrogens with two attached hydrogens (primary N) is 1. The van der Waals surface area contributed by atoms with Gasteiger partial charge in [-0.05, 0) is 52.0 Å². The van der Waals surface area contributed by atoms with Crippen molar-refractivity contribution in [1.29, 1.82) is 0 Å². The number of nitrogens with one attached hydrogen (secondary N) is 1. The topological polar surface area (TPSA) is 70.8 Å². The minimum Gasteiger partial charge on any atom is -0.496 e. The molecule has 25 heavy (non-hydrogen) atoms. The second kappa shape index (κ2) is 7.40. The molecule has 0 spiro atoms. The van der Waals surface area contributed by atoms with Gasteiger partial charge in [0, 0.05) is 24.7 Å². The van der Waals surface area contributed by atoms with E-state index in [-0.39, 0.29) is 11.9 Å². The molecule has 2 bridgehead atoms. The van der Waals surface area contributed by atoms with Crippen LogP contribution in [-0.2, 0) is 0 Å². The third-order valence-electron chi connectivity index (χ3n) is 5.38. The summed E-state index contributed by atoms with van der Waals surface area (Å²) in [5.74, 6) is 0.820. The highest BCUT2D eigenvalue weighted by Crippen LogP contribution is 2.34. The van der Waals surface area contributed by atoms with Crippen molar-refractivity contribution >= 4 is 23.2 Å². The number of nitrogen functional groups attached to an aromatic ring is 1. The third kappa shape index (κ3) is 3.71. The standard InChI is InChI=1S/C18H27ClN4O2/c1-22(2)10-15-17(11-4-6-23(15)7-5-11)21-18(24)12-8-13(19)14(20)9-16(12)25-3/h8-9,11,15,17H,4-7,10,20H2,1-3H3,(H,21,24). The SMILES string of the molecule is COc1cc(N)c(Cl)cc1C(=O)NC1C2CCN(CC2)C1CN(C)C. The summed E-state index contributed by atoms with van der Waals surface area (Å²) >= 11 is 6.11. The fraction of sp³-hybridized carbons (Fsp3) is 0.611. The lowest BCUT2D eigenvalue weighted by molar-refractivity contribution is 0.00301. The summed E-state index contributed by atoms with van der Waals surface area (Å²) in [5, 5.41) is 3.62. The highest BCUT2D eigenvalue weighted by atomic mass is 35.5. The van der Waals surface area contributed by atoms with Gasteiger partial charge in [-0.3, -0.25) is 9.69 Å². The Kier molecular flexibility index (Phi) is 5.41. The smallest absolute Gasteiger partial charge is 0.255 e. The van der Waals surface area contributed by atoms with Crippen molar-refractivity contribution in [3.8, 4) is 5.75 Å². The minimum absolute atomic E-state index is 0.137. The molecule has 3 aliphatic rings. The molecule has 1 aromatic rings. The molecule has 4 rings (SSSR count). The van der Waals surface area contributed by atoms with Gasteiger partial charge in [-0.15, -0.1) is 0 Å². The number of hydrogen-bond donors (Lipinski definition) is 2. The van der Waals surface area contributed by atoms with Crippen LogP contribution in [0.5, 0.6) is 5.75 Å². The Hall–Kier alpha value is -1.50. The van der Waals surface area contributed by atoms with E-state index in [1.807, 2.05) is 0 Å². The predicted molar refractivity (Wildman–Crippen MR) is 100 cm³/mol. The molecule has 138 valence electrons. The van der Waals surface area contributed by atoms with Crippen LogP contribution in [0.2, 0.25) is 5.02 Å². The lowest BCUT2D eigenvalue weighted by Gasteiger charge is -2.51. The van der Waals surface area contributed by atoms with E-state index in [1.54, 1.807) is 12.1 Å². The number of carbonyl (C=O) groups excluding carboxylic acids is 1. The number of halogens is 1. The Morgan fingerprint density at radius 3 is 2.68 bits per heavy atom. The first kappa shape index (κ1) is 18.3. The zero-order valence-electron chi connectivity index (χ0n) is 15.1. The van der Waals surface area contributed by atoms with Crippen LogP contribution in [0, 0.1) is 5.92 Å². The van der Waals surface area contributed by atoms with Crippen molar-refractivity contribution in [2.45, 2.75) is 24.9 Å². The molecule has 7 heteroatoms. The summed E-state index contributed by atoms with van der Waals surface area (Å²) in [6.45, 7) is 3.17. The van der Waals surface area contributed by atoms with Gasteiger partial charge in [0.15, 0.2) is 0 Å².